The van der Waals surface area contributed by atoms with Crippen molar-refractivity contribution >= 4 is 53.5 Å². The van der Waals surface area contributed by atoms with Crippen molar-refractivity contribution in [2.24, 2.45) is 0 Å². The number of anilines is 1. The van der Waals surface area contributed by atoms with E-state index < -0.39 is 0 Å². The van der Waals surface area contributed by atoms with Crippen molar-refractivity contribution in [2.45, 2.75) is 13.0 Å². The second kappa shape index (κ2) is 5.20. The lowest BCUT2D eigenvalue weighted by Crippen LogP contribution is -2.12. The maximum Gasteiger partial charge on any atom is 0.0846 e. The summed E-state index contributed by atoms with van der Waals surface area (Å²) in [5.74, 6) is 2.62. The molecular formula is C10H8Br3N. The Morgan fingerprint density at radius 2 is 1.79 bits per heavy atom. The fourth-order valence-corrected chi connectivity index (χ4v) is 3.43. The van der Waals surface area contributed by atoms with E-state index in [9.17, 15) is 0 Å². The molecule has 0 aliphatic heterocycles. The van der Waals surface area contributed by atoms with Gasteiger partial charge in [0.25, 0.3) is 0 Å². The van der Waals surface area contributed by atoms with Crippen LogP contribution in [0.15, 0.2) is 25.6 Å². The maximum atomic E-state index is 5.30. The highest BCUT2D eigenvalue weighted by Crippen LogP contribution is 2.34. The molecule has 0 aliphatic carbocycles. The average Bonchev–Trinajstić information content (AvgIpc) is 2.10. The molecule has 0 aliphatic rings. The third-order valence-corrected chi connectivity index (χ3v) is 3.33. The summed E-state index contributed by atoms with van der Waals surface area (Å²) in [6, 6.07) is 3.94. The smallest absolute Gasteiger partial charge is 0.0846 e. The third-order valence-electron chi connectivity index (χ3n) is 1.62. The van der Waals surface area contributed by atoms with Gasteiger partial charge in [-0.15, -0.1) is 6.42 Å². The van der Waals surface area contributed by atoms with Gasteiger partial charge in [0.2, 0.25) is 0 Å². The number of rotatable bonds is 2. The molecule has 1 nitrogen and oxygen atoms in total. The van der Waals surface area contributed by atoms with E-state index in [1.165, 1.54) is 0 Å². The van der Waals surface area contributed by atoms with E-state index in [0.29, 0.717) is 0 Å². The first-order valence-electron chi connectivity index (χ1n) is 3.92. The van der Waals surface area contributed by atoms with Crippen LogP contribution >= 0.6 is 47.8 Å². The SMILES string of the molecule is C#CC(C)Nc1c(Br)cc(Br)cc1Br. The summed E-state index contributed by atoms with van der Waals surface area (Å²) < 4.78 is 2.96. The Balaban J connectivity index is 3.04. The predicted octanol–water partition coefficient (Wildman–Crippen LogP) is 4.41. The van der Waals surface area contributed by atoms with E-state index in [4.69, 9.17) is 6.42 Å². The molecule has 1 atom stereocenters. The lowest BCUT2D eigenvalue weighted by Gasteiger charge is -2.13. The van der Waals surface area contributed by atoms with Crippen molar-refractivity contribution in [3.05, 3.63) is 25.6 Å². The summed E-state index contributed by atoms with van der Waals surface area (Å²) >= 11 is 10.3. The fourth-order valence-electron chi connectivity index (χ4n) is 0.938. The molecule has 1 unspecified atom stereocenters. The second-order valence-corrected chi connectivity index (χ2v) is 5.40. The van der Waals surface area contributed by atoms with Crippen molar-refractivity contribution in [1.82, 2.24) is 0 Å². The molecule has 0 amide bonds. The third kappa shape index (κ3) is 3.01. The van der Waals surface area contributed by atoms with Crippen LogP contribution in [0.5, 0.6) is 0 Å². The molecule has 74 valence electrons. The van der Waals surface area contributed by atoms with Crippen molar-refractivity contribution in [3.8, 4) is 12.3 Å². The van der Waals surface area contributed by atoms with Gasteiger partial charge < -0.3 is 5.32 Å². The number of terminal acetylenes is 1. The lowest BCUT2D eigenvalue weighted by molar-refractivity contribution is 1.03. The van der Waals surface area contributed by atoms with Crippen molar-refractivity contribution < 1.29 is 0 Å². The molecule has 1 aromatic rings. The fraction of sp³-hybridized carbons (Fsp3) is 0.200. The Labute approximate surface area is 109 Å². The highest BCUT2D eigenvalue weighted by Gasteiger charge is 2.08. The van der Waals surface area contributed by atoms with Gasteiger partial charge in [-0.1, -0.05) is 21.9 Å². The predicted molar refractivity (Wildman–Crippen MR) is 71.5 cm³/mol. The van der Waals surface area contributed by atoms with E-state index in [1.807, 2.05) is 19.1 Å². The van der Waals surface area contributed by atoms with Gasteiger partial charge in [-0.05, 0) is 50.9 Å². The van der Waals surface area contributed by atoms with E-state index in [-0.39, 0.29) is 6.04 Å². The number of halogens is 3. The zero-order valence-corrected chi connectivity index (χ0v) is 12.2. The van der Waals surface area contributed by atoms with Crippen molar-refractivity contribution in [2.75, 3.05) is 5.32 Å². The van der Waals surface area contributed by atoms with Gasteiger partial charge in [-0.3, -0.25) is 0 Å². The molecule has 0 fully saturated rings. The molecule has 4 heteroatoms. The molecule has 1 aromatic carbocycles. The first kappa shape index (κ1) is 12.1. The van der Waals surface area contributed by atoms with Crippen LogP contribution in [0, 0.1) is 12.3 Å². The van der Waals surface area contributed by atoms with Crippen molar-refractivity contribution in [1.29, 1.82) is 0 Å². The molecule has 14 heavy (non-hydrogen) atoms. The van der Waals surface area contributed by atoms with Gasteiger partial charge >= 0.3 is 0 Å². The number of benzene rings is 1. The largest absolute Gasteiger partial charge is 0.370 e. The summed E-state index contributed by atoms with van der Waals surface area (Å²) in [5, 5.41) is 3.20. The minimum Gasteiger partial charge on any atom is -0.370 e. The van der Waals surface area contributed by atoms with E-state index in [0.717, 1.165) is 19.1 Å². The molecule has 0 aromatic heterocycles. The first-order valence-corrected chi connectivity index (χ1v) is 6.29. The number of hydrogen-bond donors (Lipinski definition) is 1. The maximum absolute atomic E-state index is 5.30. The van der Waals surface area contributed by atoms with E-state index >= 15 is 0 Å². The van der Waals surface area contributed by atoms with Gasteiger partial charge in [0, 0.05) is 13.4 Å². The summed E-state index contributed by atoms with van der Waals surface area (Å²) in [7, 11) is 0. The van der Waals surface area contributed by atoms with E-state index in [1.54, 1.807) is 0 Å². The Morgan fingerprint density at radius 1 is 1.29 bits per heavy atom. The molecule has 0 radical (unpaired) electrons. The standard InChI is InChI=1S/C10H8Br3N/c1-3-6(2)14-10-8(12)4-7(11)5-9(10)13/h1,4-6,14H,2H3. The first-order chi connectivity index (χ1) is 6.54. The highest BCUT2D eigenvalue weighted by atomic mass is 79.9. The molecule has 1 rings (SSSR count). The Kier molecular flexibility index (Phi) is 4.49. The molecule has 1 N–H and O–H groups in total. The van der Waals surface area contributed by atoms with Gasteiger partial charge in [-0.25, -0.2) is 0 Å². The molecule has 0 saturated carbocycles. The zero-order chi connectivity index (χ0) is 10.7. The zero-order valence-electron chi connectivity index (χ0n) is 7.44. The summed E-state index contributed by atoms with van der Waals surface area (Å²) in [4.78, 5) is 0. The van der Waals surface area contributed by atoms with Crippen LogP contribution in [0.3, 0.4) is 0 Å². The molecule has 0 bridgehead atoms. The minimum absolute atomic E-state index is 0.00350. The lowest BCUT2D eigenvalue weighted by atomic mass is 10.3. The average molecular weight is 382 g/mol. The van der Waals surface area contributed by atoms with Gasteiger partial charge in [-0.2, -0.15) is 0 Å². The Morgan fingerprint density at radius 3 is 2.21 bits per heavy atom. The quantitative estimate of drug-likeness (QED) is 0.748. The normalized spacial score (nSPS) is 11.9. The van der Waals surface area contributed by atoms with Crippen LogP contribution < -0.4 is 5.32 Å². The molecule has 0 heterocycles. The Bertz CT molecular complexity index is 358. The molecular weight excluding hydrogens is 374 g/mol. The monoisotopic (exact) mass is 379 g/mol. The molecule has 0 saturated heterocycles. The minimum atomic E-state index is 0.00350. The summed E-state index contributed by atoms with van der Waals surface area (Å²) in [5.41, 5.74) is 0.971. The summed E-state index contributed by atoms with van der Waals surface area (Å²) in [6.07, 6.45) is 5.30. The second-order valence-electron chi connectivity index (χ2n) is 2.78. The van der Waals surface area contributed by atoms with Crippen molar-refractivity contribution in [3.63, 3.8) is 0 Å². The van der Waals surface area contributed by atoms with Crippen LogP contribution in [0.2, 0.25) is 0 Å². The number of nitrogens with one attached hydrogen (secondary N) is 1. The van der Waals surface area contributed by atoms with Gasteiger partial charge in [0.05, 0.1) is 11.7 Å². The van der Waals surface area contributed by atoms with Crippen LogP contribution in [0.25, 0.3) is 0 Å². The van der Waals surface area contributed by atoms with Gasteiger partial charge in [0.1, 0.15) is 0 Å². The van der Waals surface area contributed by atoms with Crippen LogP contribution in [-0.2, 0) is 0 Å². The topological polar surface area (TPSA) is 12.0 Å². The van der Waals surface area contributed by atoms with E-state index in [2.05, 4.69) is 59.0 Å². The van der Waals surface area contributed by atoms with Crippen LogP contribution in [0.4, 0.5) is 5.69 Å². The molecule has 0 spiro atoms. The van der Waals surface area contributed by atoms with Crippen LogP contribution in [-0.4, -0.2) is 6.04 Å². The summed E-state index contributed by atoms with van der Waals surface area (Å²) in [6.45, 7) is 1.93. The highest BCUT2D eigenvalue weighted by molar-refractivity contribution is 9.11. The van der Waals surface area contributed by atoms with Crippen LogP contribution in [0.1, 0.15) is 6.92 Å². The Hall–Kier alpha value is 0.0200. The number of hydrogen-bond acceptors (Lipinski definition) is 1. The van der Waals surface area contributed by atoms with Gasteiger partial charge in [0.15, 0.2) is 0 Å².